The van der Waals surface area contributed by atoms with E-state index >= 15 is 0 Å². The Morgan fingerprint density at radius 3 is 2.38 bits per heavy atom. The van der Waals surface area contributed by atoms with E-state index in [1.807, 2.05) is 0 Å². The van der Waals surface area contributed by atoms with Crippen molar-refractivity contribution in [3.8, 4) is 0 Å². The molecule has 2 rings (SSSR count). The van der Waals surface area contributed by atoms with E-state index in [0.717, 1.165) is 16.4 Å². The topological polar surface area (TPSA) is 98.8 Å². The third-order valence-corrected chi connectivity index (χ3v) is 5.85. The van der Waals surface area contributed by atoms with Crippen LogP contribution in [0.25, 0.3) is 0 Å². The molecule has 11 heteroatoms. The lowest BCUT2D eigenvalue weighted by molar-refractivity contribution is -0.126. The van der Waals surface area contributed by atoms with Crippen molar-refractivity contribution in [2.75, 3.05) is 46.3 Å². The molecule has 0 unspecified atom stereocenters. The van der Waals surface area contributed by atoms with Gasteiger partial charge in [-0.2, -0.15) is 4.31 Å². The summed E-state index contributed by atoms with van der Waals surface area (Å²) in [6.45, 7) is 0.469. The minimum atomic E-state index is -4.15. The highest BCUT2D eigenvalue weighted by molar-refractivity contribution is 7.89. The molecule has 2 N–H and O–H groups in total. The zero-order valence-corrected chi connectivity index (χ0v) is 15.0. The third-order valence-electron chi connectivity index (χ3n) is 3.93. The van der Waals surface area contributed by atoms with Crippen LogP contribution in [0.4, 0.5) is 8.78 Å². The van der Waals surface area contributed by atoms with E-state index in [0.29, 0.717) is 6.07 Å². The fraction of sp³-hybridized carbons (Fsp3) is 0.467. The first-order valence-electron chi connectivity index (χ1n) is 7.89. The summed E-state index contributed by atoms with van der Waals surface area (Å²) < 4.78 is 53.1. The lowest BCUT2D eigenvalue weighted by atomic mass is 10.3. The van der Waals surface area contributed by atoms with Crippen LogP contribution in [0.2, 0.25) is 0 Å². The zero-order chi connectivity index (χ0) is 19.3. The average Bonchev–Trinajstić information content (AvgIpc) is 2.62. The fourth-order valence-corrected chi connectivity index (χ4v) is 3.97. The number of hydrogen-bond donors (Lipinski definition) is 2. The molecule has 1 aliphatic rings. The largest absolute Gasteiger partial charge is 0.358 e. The minimum absolute atomic E-state index is 0.0131. The van der Waals surface area contributed by atoms with E-state index in [1.165, 1.54) is 7.05 Å². The van der Waals surface area contributed by atoms with E-state index in [1.54, 1.807) is 4.90 Å². The van der Waals surface area contributed by atoms with Crippen molar-refractivity contribution in [1.82, 2.24) is 19.8 Å². The molecular weight excluding hydrogens is 370 g/mol. The second-order valence-electron chi connectivity index (χ2n) is 5.70. The summed E-state index contributed by atoms with van der Waals surface area (Å²) in [5.41, 5.74) is 0. The first-order valence-corrected chi connectivity index (χ1v) is 9.33. The molecule has 1 aromatic rings. The van der Waals surface area contributed by atoms with Crippen LogP contribution in [-0.4, -0.2) is 75.8 Å². The minimum Gasteiger partial charge on any atom is -0.358 e. The van der Waals surface area contributed by atoms with Crippen LogP contribution in [0.15, 0.2) is 23.1 Å². The molecule has 0 radical (unpaired) electrons. The molecule has 1 fully saturated rings. The van der Waals surface area contributed by atoms with Gasteiger partial charge in [0.2, 0.25) is 21.8 Å². The molecule has 1 aliphatic heterocycles. The summed E-state index contributed by atoms with van der Waals surface area (Å²) in [6, 6.07) is 2.28. The number of nitrogens with zero attached hydrogens (tertiary/aromatic N) is 2. The van der Waals surface area contributed by atoms with Crippen molar-refractivity contribution in [3.63, 3.8) is 0 Å². The molecule has 2 amide bonds. The van der Waals surface area contributed by atoms with Crippen LogP contribution in [-0.2, 0) is 19.6 Å². The van der Waals surface area contributed by atoms with Gasteiger partial charge in [0.1, 0.15) is 16.5 Å². The van der Waals surface area contributed by atoms with E-state index in [-0.39, 0.29) is 51.1 Å². The maximum atomic E-state index is 13.8. The van der Waals surface area contributed by atoms with Crippen LogP contribution in [0.5, 0.6) is 0 Å². The number of sulfonamides is 1. The van der Waals surface area contributed by atoms with Crippen LogP contribution in [0, 0.1) is 11.6 Å². The van der Waals surface area contributed by atoms with Gasteiger partial charge in [-0.05, 0) is 18.2 Å². The van der Waals surface area contributed by atoms with Gasteiger partial charge in [-0.15, -0.1) is 0 Å². The lowest BCUT2D eigenvalue weighted by Crippen LogP contribution is -2.51. The van der Waals surface area contributed by atoms with Gasteiger partial charge >= 0.3 is 0 Å². The third kappa shape index (κ3) is 4.96. The highest BCUT2D eigenvalue weighted by Gasteiger charge is 2.31. The Hall–Kier alpha value is -2.11. The van der Waals surface area contributed by atoms with Gasteiger partial charge in [0.25, 0.3) is 0 Å². The number of nitrogens with one attached hydrogen (secondary N) is 2. The summed E-state index contributed by atoms with van der Waals surface area (Å²) in [4.78, 5) is 23.9. The van der Waals surface area contributed by atoms with Gasteiger partial charge in [0.15, 0.2) is 0 Å². The summed E-state index contributed by atoms with van der Waals surface area (Å²) in [7, 11) is -2.70. The van der Waals surface area contributed by atoms with E-state index < -0.39 is 26.6 Å². The standard InChI is InChI=1S/C15H20F2N4O4S/c1-18-14(22)9-19-15(23)10-20-4-6-21(7-5-20)26(24,25)13-8-11(16)2-3-12(13)17/h2-3,8H,4-7,9-10H2,1H3,(H,18,22)(H,19,23). The van der Waals surface area contributed by atoms with Crippen molar-refractivity contribution in [2.24, 2.45) is 0 Å². The molecule has 1 heterocycles. The molecule has 0 atom stereocenters. The molecular formula is C15H20F2N4O4S. The number of rotatable bonds is 6. The number of carbonyl (C=O) groups is 2. The second kappa shape index (κ2) is 8.52. The Kier molecular flexibility index (Phi) is 6.62. The lowest BCUT2D eigenvalue weighted by Gasteiger charge is -2.33. The maximum absolute atomic E-state index is 13.8. The quantitative estimate of drug-likeness (QED) is 0.658. The molecule has 0 bridgehead atoms. The second-order valence-corrected chi connectivity index (χ2v) is 7.61. The van der Waals surface area contributed by atoms with Gasteiger partial charge in [-0.1, -0.05) is 0 Å². The molecule has 8 nitrogen and oxygen atoms in total. The number of benzene rings is 1. The molecule has 144 valence electrons. The number of halogens is 2. The van der Waals surface area contributed by atoms with E-state index in [4.69, 9.17) is 0 Å². The molecule has 26 heavy (non-hydrogen) atoms. The Morgan fingerprint density at radius 2 is 1.77 bits per heavy atom. The van der Waals surface area contributed by atoms with Gasteiger partial charge in [0.05, 0.1) is 13.1 Å². The maximum Gasteiger partial charge on any atom is 0.246 e. The van der Waals surface area contributed by atoms with Gasteiger partial charge in [-0.25, -0.2) is 17.2 Å². The van der Waals surface area contributed by atoms with Crippen LogP contribution < -0.4 is 10.6 Å². The fourth-order valence-electron chi connectivity index (χ4n) is 2.47. The predicted octanol–water partition coefficient (Wildman–Crippen LogP) is -0.867. The smallest absolute Gasteiger partial charge is 0.246 e. The number of likely N-dealkylation sites (N-methyl/N-ethyl adjacent to an activating group) is 1. The molecule has 0 saturated carbocycles. The number of hydrogen-bond acceptors (Lipinski definition) is 5. The van der Waals surface area contributed by atoms with Crippen LogP contribution >= 0.6 is 0 Å². The summed E-state index contributed by atoms with van der Waals surface area (Å²) in [5, 5.41) is 4.82. The van der Waals surface area contributed by atoms with Crippen LogP contribution in [0.1, 0.15) is 0 Å². The van der Waals surface area contributed by atoms with Crippen molar-refractivity contribution in [1.29, 1.82) is 0 Å². The van der Waals surface area contributed by atoms with Crippen molar-refractivity contribution in [3.05, 3.63) is 29.8 Å². The Labute approximate surface area is 150 Å². The summed E-state index contributed by atoms with van der Waals surface area (Å²) >= 11 is 0. The Balaban J connectivity index is 1.92. The zero-order valence-electron chi connectivity index (χ0n) is 14.2. The number of carbonyl (C=O) groups excluding carboxylic acids is 2. The highest BCUT2D eigenvalue weighted by Crippen LogP contribution is 2.21. The van der Waals surface area contributed by atoms with Gasteiger partial charge < -0.3 is 10.6 Å². The van der Waals surface area contributed by atoms with Gasteiger partial charge in [0, 0.05) is 33.2 Å². The monoisotopic (exact) mass is 390 g/mol. The summed E-state index contributed by atoms with van der Waals surface area (Å²) in [5.74, 6) is -2.54. The normalized spacial score (nSPS) is 16.3. The average molecular weight is 390 g/mol. The highest BCUT2D eigenvalue weighted by atomic mass is 32.2. The molecule has 0 aliphatic carbocycles. The number of amides is 2. The molecule has 1 saturated heterocycles. The van der Waals surface area contributed by atoms with Crippen molar-refractivity contribution in [2.45, 2.75) is 4.90 Å². The Morgan fingerprint density at radius 1 is 1.12 bits per heavy atom. The van der Waals surface area contributed by atoms with Crippen LogP contribution in [0.3, 0.4) is 0 Å². The predicted molar refractivity (Wildman–Crippen MR) is 88.6 cm³/mol. The summed E-state index contributed by atoms with van der Waals surface area (Å²) in [6.07, 6.45) is 0. The van der Waals surface area contributed by atoms with E-state index in [2.05, 4.69) is 10.6 Å². The molecule has 1 aromatic carbocycles. The van der Waals surface area contributed by atoms with Gasteiger partial charge in [-0.3, -0.25) is 14.5 Å². The first-order chi connectivity index (χ1) is 12.2. The Bertz CT molecular complexity index is 780. The molecule has 0 aromatic heterocycles. The number of piperazine rings is 1. The SMILES string of the molecule is CNC(=O)CNC(=O)CN1CCN(S(=O)(=O)c2cc(F)ccc2F)CC1. The van der Waals surface area contributed by atoms with E-state index in [9.17, 15) is 26.8 Å². The van der Waals surface area contributed by atoms with Crippen molar-refractivity contribution < 1.29 is 26.8 Å². The van der Waals surface area contributed by atoms with Crippen molar-refractivity contribution >= 4 is 21.8 Å². The molecule has 0 spiro atoms. The first kappa shape index (κ1) is 20.2.